The summed E-state index contributed by atoms with van der Waals surface area (Å²) in [5.74, 6) is 0.876. The number of imidazole rings is 1. The van der Waals surface area contributed by atoms with Crippen LogP contribution in [0.5, 0.6) is 0 Å². The predicted octanol–water partition coefficient (Wildman–Crippen LogP) is 4.51. The molecule has 0 amide bonds. The highest BCUT2D eigenvalue weighted by atomic mass is 79.9. The fourth-order valence-corrected chi connectivity index (χ4v) is 3.35. The van der Waals surface area contributed by atoms with E-state index in [2.05, 4.69) is 35.9 Å². The first-order valence-corrected chi connectivity index (χ1v) is 9.38. The van der Waals surface area contributed by atoms with Gasteiger partial charge in [-0.2, -0.15) is 9.61 Å². The molecule has 0 bridgehead atoms. The summed E-state index contributed by atoms with van der Waals surface area (Å²) in [6.07, 6.45) is 8.28. The Balaban J connectivity index is 1.61. The number of nitrogens with zero attached hydrogens (tertiary/aromatic N) is 5. The lowest BCUT2D eigenvalue weighted by Gasteiger charge is -2.11. The van der Waals surface area contributed by atoms with Crippen LogP contribution in [0.2, 0.25) is 5.02 Å². The minimum atomic E-state index is 0.672. The summed E-state index contributed by atoms with van der Waals surface area (Å²) < 4.78 is 4.69. The van der Waals surface area contributed by atoms with Gasteiger partial charge in [-0.1, -0.05) is 29.8 Å². The van der Waals surface area contributed by atoms with Crippen LogP contribution in [-0.4, -0.2) is 30.7 Å². The van der Waals surface area contributed by atoms with E-state index >= 15 is 0 Å². The number of nitrogens with one attached hydrogen (secondary N) is 1. The smallest absolute Gasteiger partial charge is 0.172 e. The molecule has 0 aliphatic heterocycles. The summed E-state index contributed by atoms with van der Waals surface area (Å²) in [6, 6.07) is 9.68. The average molecular weight is 432 g/mol. The maximum atomic E-state index is 6.36. The third kappa shape index (κ3) is 3.45. The standard InChI is InChI=1S/C18H16BrClN6/c19-14-11-23-26-17(22-6-3-8-25-9-7-21-12-25)10-16(24-18(14)26)13-4-1-2-5-15(13)20/h1-2,4-5,7,9-12,22H,3,6,8H2. The van der Waals surface area contributed by atoms with Crippen LogP contribution in [0.1, 0.15) is 6.42 Å². The topological polar surface area (TPSA) is 60.0 Å². The Hall–Kier alpha value is -2.38. The molecule has 6 nitrogen and oxygen atoms in total. The molecule has 132 valence electrons. The van der Waals surface area contributed by atoms with Crippen molar-refractivity contribution in [2.45, 2.75) is 13.0 Å². The van der Waals surface area contributed by atoms with E-state index in [-0.39, 0.29) is 0 Å². The highest BCUT2D eigenvalue weighted by Gasteiger charge is 2.12. The molecule has 0 radical (unpaired) electrons. The molecule has 4 aromatic rings. The van der Waals surface area contributed by atoms with Gasteiger partial charge in [0.25, 0.3) is 0 Å². The number of fused-ring (bicyclic) bond motifs is 1. The van der Waals surface area contributed by atoms with Crippen LogP contribution in [0.4, 0.5) is 5.82 Å². The van der Waals surface area contributed by atoms with E-state index in [1.807, 2.05) is 42.9 Å². The van der Waals surface area contributed by atoms with E-state index in [0.29, 0.717) is 5.02 Å². The first-order chi connectivity index (χ1) is 12.7. The molecule has 4 rings (SSSR count). The van der Waals surface area contributed by atoms with Crippen molar-refractivity contribution in [3.63, 3.8) is 0 Å². The quantitative estimate of drug-likeness (QED) is 0.456. The van der Waals surface area contributed by atoms with Gasteiger partial charge in [-0.15, -0.1) is 0 Å². The second-order valence-electron chi connectivity index (χ2n) is 5.82. The molecule has 0 aliphatic carbocycles. The van der Waals surface area contributed by atoms with Crippen LogP contribution >= 0.6 is 27.5 Å². The molecule has 0 saturated heterocycles. The molecular formula is C18H16BrClN6. The zero-order chi connectivity index (χ0) is 17.9. The van der Waals surface area contributed by atoms with Crippen molar-refractivity contribution in [2.24, 2.45) is 0 Å². The zero-order valence-corrected chi connectivity index (χ0v) is 16.2. The lowest BCUT2D eigenvalue weighted by Crippen LogP contribution is -2.10. The van der Waals surface area contributed by atoms with Crippen LogP contribution in [0.25, 0.3) is 16.9 Å². The third-order valence-electron chi connectivity index (χ3n) is 4.04. The van der Waals surface area contributed by atoms with Gasteiger partial charge in [0.15, 0.2) is 5.65 Å². The van der Waals surface area contributed by atoms with Crippen LogP contribution in [0, 0.1) is 0 Å². The van der Waals surface area contributed by atoms with Crippen LogP contribution in [-0.2, 0) is 6.54 Å². The van der Waals surface area contributed by atoms with Gasteiger partial charge < -0.3 is 9.88 Å². The number of hydrogen-bond acceptors (Lipinski definition) is 4. The Morgan fingerprint density at radius 3 is 2.92 bits per heavy atom. The number of aryl methyl sites for hydroxylation is 1. The van der Waals surface area contributed by atoms with Gasteiger partial charge in [0.2, 0.25) is 0 Å². The molecule has 3 aromatic heterocycles. The van der Waals surface area contributed by atoms with Crippen LogP contribution < -0.4 is 5.32 Å². The van der Waals surface area contributed by atoms with E-state index in [4.69, 9.17) is 16.6 Å². The lowest BCUT2D eigenvalue weighted by molar-refractivity contribution is 0.659. The summed E-state index contributed by atoms with van der Waals surface area (Å²) in [6.45, 7) is 1.71. The molecule has 8 heteroatoms. The van der Waals surface area contributed by atoms with Gasteiger partial charge in [-0.25, -0.2) is 9.97 Å². The number of hydrogen-bond donors (Lipinski definition) is 1. The van der Waals surface area contributed by atoms with Crippen molar-refractivity contribution in [3.8, 4) is 11.3 Å². The Morgan fingerprint density at radius 2 is 2.12 bits per heavy atom. The van der Waals surface area contributed by atoms with Crippen molar-refractivity contribution in [2.75, 3.05) is 11.9 Å². The molecule has 0 unspecified atom stereocenters. The summed E-state index contributed by atoms with van der Waals surface area (Å²) in [5.41, 5.74) is 2.45. The van der Waals surface area contributed by atoms with E-state index in [0.717, 1.165) is 46.7 Å². The Morgan fingerprint density at radius 1 is 1.23 bits per heavy atom. The average Bonchev–Trinajstić information content (AvgIpc) is 3.29. The van der Waals surface area contributed by atoms with Crippen molar-refractivity contribution >= 4 is 39.0 Å². The maximum Gasteiger partial charge on any atom is 0.172 e. The number of anilines is 1. The van der Waals surface area contributed by atoms with Gasteiger partial charge in [0.05, 0.1) is 22.7 Å². The van der Waals surface area contributed by atoms with E-state index in [1.54, 1.807) is 16.9 Å². The molecule has 3 heterocycles. The van der Waals surface area contributed by atoms with Crippen LogP contribution in [0.15, 0.2) is 59.7 Å². The van der Waals surface area contributed by atoms with Crippen molar-refractivity contribution in [1.29, 1.82) is 0 Å². The molecule has 0 aliphatic rings. The molecule has 26 heavy (non-hydrogen) atoms. The minimum Gasteiger partial charge on any atom is -0.370 e. The van der Waals surface area contributed by atoms with Crippen molar-refractivity contribution < 1.29 is 0 Å². The lowest BCUT2D eigenvalue weighted by atomic mass is 10.1. The Bertz CT molecular complexity index is 1030. The SMILES string of the molecule is Clc1ccccc1-c1cc(NCCCn2ccnc2)n2ncc(Br)c2n1. The first kappa shape index (κ1) is 17.1. The summed E-state index contributed by atoms with van der Waals surface area (Å²) in [5, 5.41) is 8.53. The Kier molecular flexibility index (Phi) is 4.90. The summed E-state index contributed by atoms with van der Waals surface area (Å²) >= 11 is 9.87. The van der Waals surface area contributed by atoms with E-state index < -0.39 is 0 Å². The van der Waals surface area contributed by atoms with Gasteiger partial charge in [0, 0.05) is 42.1 Å². The van der Waals surface area contributed by atoms with Gasteiger partial charge in [-0.05, 0) is 28.4 Å². The number of halogens is 2. The highest BCUT2D eigenvalue weighted by molar-refractivity contribution is 9.10. The maximum absolute atomic E-state index is 6.36. The van der Waals surface area contributed by atoms with Crippen LogP contribution in [0.3, 0.4) is 0 Å². The fraction of sp³-hybridized carbons (Fsp3) is 0.167. The largest absolute Gasteiger partial charge is 0.370 e. The number of rotatable bonds is 6. The molecule has 1 N–H and O–H groups in total. The number of benzene rings is 1. The second-order valence-corrected chi connectivity index (χ2v) is 7.08. The normalized spacial score (nSPS) is 11.2. The molecule has 0 atom stereocenters. The number of aromatic nitrogens is 5. The molecular weight excluding hydrogens is 416 g/mol. The predicted molar refractivity (Wildman–Crippen MR) is 106 cm³/mol. The zero-order valence-electron chi connectivity index (χ0n) is 13.8. The van der Waals surface area contributed by atoms with E-state index in [1.165, 1.54) is 0 Å². The summed E-state index contributed by atoms with van der Waals surface area (Å²) in [7, 11) is 0. The molecule has 0 spiro atoms. The first-order valence-electron chi connectivity index (χ1n) is 8.21. The van der Waals surface area contributed by atoms with Gasteiger partial charge in [0.1, 0.15) is 5.82 Å². The highest BCUT2D eigenvalue weighted by Crippen LogP contribution is 2.30. The van der Waals surface area contributed by atoms with Crippen molar-refractivity contribution in [1.82, 2.24) is 24.1 Å². The van der Waals surface area contributed by atoms with E-state index in [9.17, 15) is 0 Å². The monoisotopic (exact) mass is 430 g/mol. The van der Waals surface area contributed by atoms with Gasteiger partial charge in [-0.3, -0.25) is 0 Å². The molecule has 1 aromatic carbocycles. The fourth-order valence-electron chi connectivity index (χ4n) is 2.77. The second kappa shape index (κ2) is 7.47. The summed E-state index contributed by atoms with van der Waals surface area (Å²) in [4.78, 5) is 8.77. The van der Waals surface area contributed by atoms with Crippen molar-refractivity contribution in [3.05, 3.63) is 64.7 Å². The molecule has 0 saturated carbocycles. The minimum absolute atomic E-state index is 0.672. The molecule has 0 fully saturated rings. The third-order valence-corrected chi connectivity index (χ3v) is 4.93. The Labute approximate surface area is 164 Å². The van der Waals surface area contributed by atoms with Gasteiger partial charge >= 0.3 is 0 Å².